The second kappa shape index (κ2) is 6.23. The van der Waals surface area contributed by atoms with Gasteiger partial charge in [0.15, 0.2) is 0 Å². The topological polar surface area (TPSA) is 78.4 Å². The summed E-state index contributed by atoms with van der Waals surface area (Å²) in [4.78, 5) is 22.6. The molecule has 0 fully saturated rings. The maximum atomic E-state index is 13.1. The number of halogens is 2. The fraction of sp³-hybridized carbons (Fsp3) is 0. The Bertz CT molecular complexity index is 686. The first kappa shape index (κ1) is 14.8. The lowest BCUT2D eigenvalue weighted by atomic mass is 10.2. The van der Waals surface area contributed by atoms with Crippen LogP contribution in [-0.2, 0) is 0 Å². The molecule has 0 atom stereocenters. The molecular formula is C14H10ClFN2O3. The van der Waals surface area contributed by atoms with Crippen molar-refractivity contribution >= 4 is 35.0 Å². The smallest absolute Gasteiger partial charge is 0.335 e. The first-order valence-electron chi connectivity index (χ1n) is 5.81. The summed E-state index contributed by atoms with van der Waals surface area (Å²) in [5.41, 5.74) is 0.531. The van der Waals surface area contributed by atoms with Crippen LogP contribution in [0.1, 0.15) is 10.4 Å². The van der Waals surface area contributed by atoms with Crippen molar-refractivity contribution in [2.24, 2.45) is 0 Å². The number of anilines is 2. The van der Waals surface area contributed by atoms with E-state index in [4.69, 9.17) is 16.7 Å². The van der Waals surface area contributed by atoms with Gasteiger partial charge in [0, 0.05) is 16.4 Å². The number of aromatic carboxylic acids is 1. The number of urea groups is 1. The molecule has 0 radical (unpaired) electrons. The van der Waals surface area contributed by atoms with Crippen molar-refractivity contribution in [1.29, 1.82) is 0 Å². The maximum Gasteiger partial charge on any atom is 0.335 e. The monoisotopic (exact) mass is 308 g/mol. The summed E-state index contributed by atoms with van der Waals surface area (Å²) in [5.74, 6) is -1.68. The highest BCUT2D eigenvalue weighted by atomic mass is 35.5. The minimum Gasteiger partial charge on any atom is -0.478 e. The molecule has 5 nitrogen and oxygen atoms in total. The highest BCUT2D eigenvalue weighted by Crippen LogP contribution is 2.18. The van der Waals surface area contributed by atoms with Gasteiger partial charge in [-0.1, -0.05) is 17.7 Å². The third kappa shape index (κ3) is 4.19. The Morgan fingerprint density at radius 2 is 1.76 bits per heavy atom. The van der Waals surface area contributed by atoms with Crippen LogP contribution < -0.4 is 10.6 Å². The molecule has 21 heavy (non-hydrogen) atoms. The van der Waals surface area contributed by atoms with Crippen LogP contribution in [0, 0.1) is 5.82 Å². The summed E-state index contributed by atoms with van der Waals surface area (Å²) in [6.07, 6.45) is 0. The molecule has 108 valence electrons. The number of carboxylic acids is 1. The van der Waals surface area contributed by atoms with Gasteiger partial charge in [-0.15, -0.1) is 0 Å². The number of hydrogen-bond acceptors (Lipinski definition) is 2. The Hall–Kier alpha value is -2.60. The van der Waals surface area contributed by atoms with E-state index in [1.165, 1.54) is 30.3 Å². The van der Waals surface area contributed by atoms with E-state index < -0.39 is 17.8 Å². The average Bonchev–Trinajstić information content (AvgIpc) is 2.37. The molecule has 0 aliphatic heterocycles. The van der Waals surface area contributed by atoms with Crippen LogP contribution in [0.25, 0.3) is 0 Å². The lowest BCUT2D eigenvalue weighted by Crippen LogP contribution is -2.19. The minimum atomic E-state index is -1.10. The van der Waals surface area contributed by atoms with Crippen molar-refractivity contribution in [3.63, 3.8) is 0 Å². The summed E-state index contributed by atoms with van der Waals surface area (Å²) in [6, 6.07) is 8.71. The van der Waals surface area contributed by atoms with Gasteiger partial charge in [-0.3, -0.25) is 0 Å². The Kier molecular flexibility index (Phi) is 4.39. The van der Waals surface area contributed by atoms with Crippen LogP contribution in [0.3, 0.4) is 0 Å². The number of benzene rings is 2. The molecule has 0 aliphatic rings. The number of rotatable bonds is 3. The molecule has 2 aromatic rings. The third-order valence-electron chi connectivity index (χ3n) is 2.49. The SMILES string of the molecule is O=C(Nc1cc(F)cc(Cl)c1)Nc1cccc(C(=O)O)c1. The second-order valence-electron chi connectivity index (χ2n) is 4.12. The number of carbonyl (C=O) groups excluding carboxylic acids is 1. The summed E-state index contributed by atoms with van der Waals surface area (Å²) >= 11 is 5.67. The van der Waals surface area contributed by atoms with E-state index in [0.717, 1.165) is 12.1 Å². The van der Waals surface area contributed by atoms with Crippen LogP contribution >= 0.6 is 11.6 Å². The van der Waals surface area contributed by atoms with Crippen LogP contribution in [0.5, 0.6) is 0 Å². The average molecular weight is 309 g/mol. The quantitative estimate of drug-likeness (QED) is 0.806. The second-order valence-corrected chi connectivity index (χ2v) is 4.56. The lowest BCUT2D eigenvalue weighted by molar-refractivity contribution is 0.0697. The number of carbonyl (C=O) groups is 2. The molecule has 0 aliphatic carbocycles. The van der Waals surface area contributed by atoms with Gasteiger partial charge in [-0.05, 0) is 36.4 Å². The van der Waals surface area contributed by atoms with E-state index in [0.29, 0.717) is 5.69 Å². The van der Waals surface area contributed by atoms with Crippen LogP contribution in [-0.4, -0.2) is 17.1 Å². The molecule has 0 unspecified atom stereocenters. The van der Waals surface area contributed by atoms with Crippen molar-refractivity contribution in [2.45, 2.75) is 0 Å². The van der Waals surface area contributed by atoms with Crippen molar-refractivity contribution in [3.8, 4) is 0 Å². The largest absolute Gasteiger partial charge is 0.478 e. The van der Waals surface area contributed by atoms with E-state index in [1.54, 1.807) is 0 Å². The Morgan fingerprint density at radius 1 is 1.05 bits per heavy atom. The van der Waals surface area contributed by atoms with Crippen LogP contribution in [0.2, 0.25) is 5.02 Å². The van der Waals surface area contributed by atoms with Gasteiger partial charge < -0.3 is 15.7 Å². The Labute approximate surface area is 124 Å². The van der Waals surface area contributed by atoms with Gasteiger partial charge in [0.2, 0.25) is 0 Å². The van der Waals surface area contributed by atoms with Gasteiger partial charge in [-0.2, -0.15) is 0 Å². The number of hydrogen-bond donors (Lipinski definition) is 3. The van der Waals surface area contributed by atoms with E-state index in [9.17, 15) is 14.0 Å². The Morgan fingerprint density at radius 3 is 2.43 bits per heavy atom. The van der Waals surface area contributed by atoms with Crippen LogP contribution in [0.15, 0.2) is 42.5 Å². The molecule has 2 amide bonds. The fourth-order valence-corrected chi connectivity index (χ4v) is 1.87. The standard InChI is InChI=1S/C14H10ClFN2O3/c15-9-5-10(16)7-12(6-9)18-14(21)17-11-3-1-2-8(4-11)13(19)20/h1-7H,(H,19,20)(H2,17,18,21). The maximum absolute atomic E-state index is 13.1. The molecule has 0 saturated carbocycles. The molecule has 7 heteroatoms. The zero-order chi connectivity index (χ0) is 15.4. The molecule has 0 saturated heterocycles. The van der Waals surface area contributed by atoms with Crippen molar-refractivity contribution in [2.75, 3.05) is 10.6 Å². The van der Waals surface area contributed by atoms with E-state index in [2.05, 4.69) is 10.6 Å². The highest BCUT2D eigenvalue weighted by molar-refractivity contribution is 6.31. The van der Waals surface area contributed by atoms with E-state index in [1.807, 2.05) is 0 Å². The van der Waals surface area contributed by atoms with E-state index >= 15 is 0 Å². The summed E-state index contributed by atoms with van der Waals surface area (Å²) in [5, 5.41) is 13.9. The number of carboxylic acid groups (broad SMARTS) is 1. The van der Waals surface area contributed by atoms with Gasteiger partial charge in [0.05, 0.1) is 5.56 Å². The molecule has 0 aromatic heterocycles. The molecule has 0 bridgehead atoms. The summed E-state index contributed by atoms with van der Waals surface area (Å²) in [7, 11) is 0. The zero-order valence-electron chi connectivity index (χ0n) is 10.6. The number of amides is 2. The predicted octanol–water partition coefficient (Wildman–Crippen LogP) is 3.82. The van der Waals surface area contributed by atoms with Crippen LogP contribution in [0.4, 0.5) is 20.6 Å². The van der Waals surface area contributed by atoms with Gasteiger partial charge in [0.25, 0.3) is 0 Å². The third-order valence-corrected chi connectivity index (χ3v) is 2.71. The van der Waals surface area contributed by atoms with Crippen molar-refractivity contribution in [3.05, 3.63) is 58.9 Å². The van der Waals surface area contributed by atoms with E-state index in [-0.39, 0.29) is 16.3 Å². The lowest BCUT2D eigenvalue weighted by Gasteiger charge is -2.08. The molecular weight excluding hydrogens is 299 g/mol. The first-order chi connectivity index (χ1) is 9.94. The van der Waals surface area contributed by atoms with Gasteiger partial charge in [0.1, 0.15) is 5.82 Å². The fourth-order valence-electron chi connectivity index (χ4n) is 1.65. The summed E-state index contributed by atoms with van der Waals surface area (Å²) in [6.45, 7) is 0. The minimum absolute atomic E-state index is 0.0431. The van der Waals surface area contributed by atoms with Gasteiger partial charge >= 0.3 is 12.0 Å². The normalized spacial score (nSPS) is 10.0. The first-order valence-corrected chi connectivity index (χ1v) is 6.19. The molecule has 0 spiro atoms. The highest BCUT2D eigenvalue weighted by Gasteiger charge is 2.07. The van der Waals surface area contributed by atoms with Gasteiger partial charge in [-0.25, -0.2) is 14.0 Å². The molecule has 2 rings (SSSR count). The zero-order valence-corrected chi connectivity index (χ0v) is 11.3. The molecule has 3 N–H and O–H groups in total. The number of nitrogens with one attached hydrogen (secondary N) is 2. The molecule has 0 heterocycles. The van der Waals surface area contributed by atoms with Crippen molar-refractivity contribution < 1.29 is 19.1 Å². The Balaban J connectivity index is 2.08. The molecule has 2 aromatic carbocycles. The van der Waals surface area contributed by atoms with Crippen molar-refractivity contribution in [1.82, 2.24) is 0 Å². The summed E-state index contributed by atoms with van der Waals surface area (Å²) < 4.78 is 13.1. The predicted molar refractivity (Wildman–Crippen MR) is 77.5 cm³/mol.